The van der Waals surface area contributed by atoms with Crippen LogP contribution < -0.4 is 15.8 Å². The fourth-order valence-corrected chi connectivity index (χ4v) is 8.90. The number of nitrogens with zero attached hydrogens (tertiary/aromatic N) is 4. The zero-order chi connectivity index (χ0) is 26.9. The number of amides is 3. The van der Waals surface area contributed by atoms with Crippen LogP contribution in [0, 0.1) is 11.8 Å². The average Bonchev–Trinajstić information content (AvgIpc) is 3.00. The molecule has 7 rings (SSSR count). The number of fused-ring (bicyclic) bond motifs is 5. The lowest BCUT2D eigenvalue weighted by Crippen LogP contribution is -2.58. The number of piperidine rings is 2. The summed E-state index contributed by atoms with van der Waals surface area (Å²) in [5, 5.41) is 2.70. The highest BCUT2D eigenvalue weighted by atomic mass is 16.2. The average molecular weight is 532 g/mol. The van der Waals surface area contributed by atoms with Crippen LogP contribution in [-0.2, 0) is 4.79 Å². The summed E-state index contributed by atoms with van der Waals surface area (Å²) in [6, 6.07) is 8.74. The molecular formula is C31H41N5O3. The molecule has 5 aliphatic rings. The van der Waals surface area contributed by atoms with Crippen molar-refractivity contribution in [1.29, 1.82) is 0 Å². The number of para-hydroxylation sites is 2. The van der Waals surface area contributed by atoms with E-state index in [-0.39, 0.29) is 17.4 Å². The number of carbonyl (C=O) groups excluding carboxylic acids is 2. The second-order valence-corrected chi connectivity index (χ2v) is 13.5. The number of carbonyl (C=O) groups is 2. The molecule has 3 saturated heterocycles. The highest BCUT2D eigenvalue weighted by molar-refractivity contribution is 6.22. The zero-order valence-electron chi connectivity index (χ0n) is 23.3. The summed E-state index contributed by atoms with van der Waals surface area (Å²) < 4.78 is 1.88. The maximum absolute atomic E-state index is 14.2. The monoisotopic (exact) mass is 531 g/mol. The van der Waals surface area contributed by atoms with Crippen molar-refractivity contribution in [3.63, 3.8) is 0 Å². The summed E-state index contributed by atoms with van der Waals surface area (Å²) in [4.78, 5) is 48.6. The summed E-state index contributed by atoms with van der Waals surface area (Å²) in [6.45, 7) is 3.32. The Bertz CT molecular complexity index is 1340. The molecule has 39 heavy (non-hydrogen) atoms. The highest BCUT2D eigenvalue weighted by Gasteiger charge is 2.48. The fraction of sp³-hybridized carbons (Fsp3) is 0.677. The third kappa shape index (κ3) is 4.21. The van der Waals surface area contributed by atoms with Crippen molar-refractivity contribution >= 4 is 28.8 Å². The molecule has 2 aliphatic carbocycles. The number of aromatic nitrogens is 2. The summed E-state index contributed by atoms with van der Waals surface area (Å²) in [5.74, 6) is 1.25. The van der Waals surface area contributed by atoms with Crippen molar-refractivity contribution < 1.29 is 9.59 Å². The maximum atomic E-state index is 14.2. The Kier molecular flexibility index (Phi) is 6.10. The van der Waals surface area contributed by atoms with E-state index >= 15 is 0 Å². The van der Waals surface area contributed by atoms with Gasteiger partial charge in [-0.2, -0.15) is 0 Å². The van der Waals surface area contributed by atoms with Crippen LogP contribution in [0.2, 0.25) is 0 Å². The predicted octanol–water partition coefficient (Wildman–Crippen LogP) is 5.15. The van der Waals surface area contributed by atoms with Gasteiger partial charge in [-0.15, -0.1) is 0 Å². The molecule has 2 aromatic rings. The molecule has 4 bridgehead atoms. The zero-order valence-corrected chi connectivity index (χ0v) is 23.3. The van der Waals surface area contributed by atoms with E-state index in [1.165, 1.54) is 64.2 Å². The van der Waals surface area contributed by atoms with Crippen LogP contribution in [0.4, 0.5) is 10.6 Å². The lowest BCUT2D eigenvalue weighted by molar-refractivity contribution is -0.121. The molecule has 1 N–H and O–H groups in total. The number of hydrogen-bond acceptors (Lipinski definition) is 5. The van der Waals surface area contributed by atoms with Gasteiger partial charge in [0.1, 0.15) is 5.54 Å². The van der Waals surface area contributed by atoms with E-state index in [1.54, 1.807) is 13.8 Å². The summed E-state index contributed by atoms with van der Waals surface area (Å²) >= 11 is 0. The summed E-state index contributed by atoms with van der Waals surface area (Å²) in [6.07, 6.45) is 15.2. The molecule has 8 heteroatoms. The van der Waals surface area contributed by atoms with Crippen molar-refractivity contribution in [2.24, 2.45) is 11.8 Å². The third-order valence-electron chi connectivity index (χ3n) is 10.5. The molecule has 1 aromatic carbocycles. The van der Waals surface area contributed by atoms with Crippen molar-refractivity contribution in [3.8, 4) is 0 Å². The molecule has 2 saturated carbocycles. The van der Waals surface area contributed by atoms with Crippen LogP contribution in [0.1, 0.15) is 96.9 Å². The SMILES string of the molecule is CC1(C)NC(=O)N(c2nc3ccccc3n(C3CC4CCCC(C3)N4C3CC4CCCCC(C4)C3)c2=O)C1=O. The normalized spacial score (nSPS) is 34.7. The molecular weight excluding hydrogens is 490 g/mol. The smallest absolute Gasteiger partial charge is 0.323 e. The van der Waals surface area contributed by atoms with Gasteiger partial charge in [0.15, 0.2) is 0 Å². The van der Waals surface area contributed by atoms with Gasteiger partial charge in [0.05, 0.1) is 11.0 Å². The molecule has 4 unspecified atom stereocenters. The number of benzene rings is 1. The fourth-order valence-electron chi connectivity index (χ4n) is 8.90. The molecule has 208 valence electrons. The molecule has 5 fully saturated rings. The molecule has 3 amide bonds. The van der Waals surface area contributed by atoms with E-state index in [0.717, 1.165) is 35.1 Å². The number of nitrogens with one attached hydrogen (secondary N) is 1. The van der Waals surface area contributed by atoms with E-state index in [2.05, 4.69) is 15.2 Å². The van der Waals surface area contributed by atoms with Gasteiger partial charge in [0.25, 0.3) is 11.5 Å². The molecule has 0 radical (unpaired) electrons. The Hall–Kier alpha value is -2.74. The van der Waals surface area contributed by atoms with Gasteiger partial charge in [-0.05, 0) is 82.8 Å². The second kappa shape index (κ2) is 9.43. The van der Waals surface area contributed by atoms with Gasteiger partial charge in [-0.1, -0.05) is 44.2 Å². The largest absolute Gasteiger partial charge is 0.331 e. The first-order valence-electron chi connectivity index (χ1n) is 15.3. The standard InChI is InChI=1S/C31H41N5O3/c1-31(2)29(38)36(30(39)33-31)27-28(37)35(26-13-6-5-12-25(26)32-27)24-17-21-10-7-11-22(18-24)34(21)23-15-19-8-3-4-9-20(14-19)16-23/h5-6,12-13,19-24H,3-4,7-11,14-18H2,1-2H3,(H,33,39). The minimum atomic E-state index is -1.07. The van der Waals surface area contributed by atoms with Crippen molar-refractivity contribution in [2.75, 3.05) is 4.90 Å². The van der Waals surface area contributed by atoms with Crippen LogP contribution in [0.25, 0.3) is 11.0 Å². The minimum absolute atomic E-state index is 0.0235. The summed E-state index contributed by atoms with van der Waals surface area (Å²) in [7, 11) is 0. The second-order valence-electron chi connectivity index (χ2n) is 13.5. The van der Waals surface area contributed by atoms with Gasteiger partial charge in [0.2, 0.25) is 5.82 Å². The van der Waals surface area contributed by atoms with Crippen LogP contribution in [0.15, 0.2) is 29.1 Å². The van der Waals surface area contributed by atoms with Gasteiger partial charge in [0, 0.05) is 24.2 Å². The van der Waals surface area contributed by atoms with E-state index in [1.807, 2.05) is 28.8 Å². The van der Waals surface area contributed by atoms with Gasteiger partial charge in [-0.25, -0.2) is 14.7 Å². The predicted molar refractivity (Wildman–Crippen MR) is 151 cm³/mol. The number of imide groups is 1. The lowest BCUT2D eigenvalue weighted by Gasteiger charge is -2.54. The Morgan fingerprint density at radius 3 is 2.10 bits per heavy atom. The minimum Gasteiger partial charge on any atom is -0.323 e. The topological polar surface area (TPSA) is 87.5 Å². The van der Waals surface area contributed by atoms with Crippen LogP contribution in [0.3, 0.4) is 0 Å². The van der Waals surface area contributed by atoms with E-state index in [4.69, 9.17) is 0 Å². The van der Waals surface area contributed by atoms with Crippen molar-refractivity contribution in [3.05, 3.63) is 34.6 Å². The van der Waals surface area contributed by atoms with Crippen molar-refractivity contribution in [1.82, 2.24) is 19.8 Å². The van der Waals surface area contributed by atoms with E-state index in [0.29, 0.717) is 23.6 Å². The number of anilines is 1. The first-order chi connectivity index (χ1) is 18.8. The highest BCUT2D eigenvalue weighted by Crippen LogP contribution is 2.47. The number of rotatable bonds is 3. The Morgan fingerprint density at radius 2 is 1.46 bits per heavy atom. The first-order valence-corrected chi connectivity index (χ1v) is 15.3. The maximum Gasteiger partial charge on any atom is 0.331 e. The molecule has 0 spiro atoms. The Labute approximate surface area is 230 Å². The first kappa shape index (κ1) is 25.2. The lowest BCUT2D eigenvalue weighted by atomic mass is 9.73. The van der Waals surface area contributed by atoms with Gasteiger partial charge >= 0.3 is 6.03 Å². The van der Waals surface area contributed by atoms with E-state index < -0.39 is 17.5 Å². The molecule has 4 atom stereocenters. The Balaban J connectivity index is 1.25. The quantitative estimate of drug-likeness (QED) is 0.554. The van der Waals surface area contributed by atoms with Crippen LogP contribution in [-0.4, -0.2) is 50.1 Å². The van der Waals surface area contributed by atoms with E-state index in [9.17, 15) is 14.4 Å². The van der Waals surface area contributed by atoms with Gasteiger partial charge < -0.3 is 9.88 Å². The number of urea groups is 1. The Morgan fingerprint density at radius 1 is 0.795 bits per heavy atom. The van der Waals surface area contributed by atoms with Crippen LogP contribution >= 0.6 is 0 Å². The van der Waals surface area contributed by atoms with Crippen molar-refractivity contribution in [2.45, 2.75) is 121 Å². The van der Waals surface area contributed by atoms with Gasteiger partial charge in [-0.3, -0.25) is 14.5 Å². The number of hydrogen-bond donors (Lipinski definition) is 1. The molecule has 3 aliphatic heterocycles. The molecule has 1 aromatic heterocycles. The molecule has 4 heterocycles. The third-order valence-corrected chi connectivity index (χ3v) is 10.5. The van der Waals surface area contributed by atoms with Crippen LogP contribution in [0.5, 0.6) is 0 Å². The summed E-state index contributed by atoms with van der Waals surface area (Å²) in [5.41, 5.74) is 0.0236. The molecule has 8 nitrogen and oxygen atoms in total.